The molecule has 0 aliphatic carbocycles. The van der Waals surface area contributed by atoms with E-state index in [1.54, 1.807) is 6.20 Å². The number of nitrogens with one attached hydrogen (secondary N) is 2. The van der Waals surface area contributed by atoms with E-state index in [0.29, 0.717) is 12.2 Å². The number of benzene rings is 1. The lowest BCUT2D eigenvalue weighted by Crippen LogP contribution is -2.38. The maximum Gasteiger partial charge on any atom is 0.271 e. The number of pyridine rings is 1. The van der Waals surface area contributed by atoms with E-state index in [9.17, 15) is 4.79 Å². The average molecular weight is 320 g/mol. The molecule has 0 saturated carbocycles. The van der Waals surface area contributed by atoms with Gasteiger partial charge in [0.1, 0.15) is 11.3 Å². The fraction of sp³-hybridized carbons (Fsp3) is 0.263. The normalized spacial score (nSPS) is 16.8. The van der Waals surface area contributed by atoms with E-state index in [1.165, 1.54) is 11.1 Å². The van der Waals surface area contributed by atoms with E-state index in [4.69, 9.17) is 0 Å². The molecule has 0 radical (unpaired) electrons. The van der Waals surface area contributed by atoms with Gasteiger partial charge in [0.05, 0.1) is 0 Å². The smallest absolute Gasteiger partial charge is 0.271 e. The summed E-state index contributed by atoms with van der Waals surface area (Å²) in [6.07, 6.45) is 4.78. The van der Waals surface area contributed by atoms with Crippen molar-refractivity contribution in [3.8, 4) is 0 Å². The molecular weight excluding hydrogens is 300 g/mol. The summed E-state index contributed by atoms with van der Waals surface area (Å²) in [6, 6.07) is 12.5. The average Bonchev–Trinajstić information content (AvgIpc) is 3.03. The number of carbonyl (C=O) groups is 1. The molecule has 0 bridgehead atoms. The number of aromatic nitrogens is 2. The van der Waals surface area contributed by atoms with E-state index in [1.807, 2.05) is 35.7 Å². The minimum absolute atomic E-state index is 0.138. The number of rotatable bonds is 3. The molecule has 0 spiro atoms. The first-order valence-corrected chi connectivity index (χ1v) is 8.25. The van der Waals surface area contributed by atoms with E-state index in [2.05, 4.69) is 33.8 Å². The molecule has 2 aromatic heterocycles. The zero-order valence-corrected chi connectivity index (χ0v) is 13.6. The highest BCUT2D eigenvalue weighted by Crippen LogP contribution is 2.21. The second kappa shape index (κ2) is 6.09. The third-order valence-electron chi connectivity index (χ3n) is 4.51. The summed E-state index contributed by atoms with van der Waals surface area (Å²) in [4.78, 5) is 16.8. The molecule has 1 amide bonds. The summed E-state index contributed by atoms with van der Waals surface area (Å²) in [5, 5.41) is 6.48. The number of carbonyl (C=O) groups excluding carboxylic acids is 1. The maximum absolute atomic E-state index is 12.4. The van der Waals surface area contributed by atoms with Crippen LogP contribution in [0.5, 0.6) is 0 Å². The van der Waals surface area contributed by atoms with Crippen molar-refractivity contribution in [2.45, 2.75) is 19.4 Å². The van der Waals surface area contributed by atoms with Gasteiger partial charge in [-0.1, -0.05) is 30.3 Å². The van der Waals surface area contributed by atoms with Crippen LogP contribution >= 0.6 is 0 Å². The lowest BCUT2D eigenvalue weighted by atomic mass is 9.94. The van der Waals surface area contributed by atoms with Gasteiger partial charge in [-0.3, -0.25) is 4.79 Å². The van der Waals surface area contributed by atoms with Crippen LogP contribution in [-0.2, 0) is 6.42 Å². The minimum Gasteiger partial charge on any atom is -0.349 e. The van der Waals surface area contributed by atoms with Gasteiger partial charge >= 0.3 is 0 Å². The number of hydrogen-bond donors (Lipinski definition) is 2. The Morgan fingerprint density at radius 2 is 2.17 bits per heavy atom. The molecule has 5 nitrogen and oxygen atoms in total. The summed E-state index contributed by atoms with van der Waals surface area (Å²) in [5.41, 5.74) is 5.00. The molecule has 1 atom stereocenters. The van der Waals surface area contributed by atoms with Crippen molar-refractivity contribution >= 4 is 11.6 Å². The molecule has 1 unspecified atom stereocenters. The van der Waals surface area contributed by atoms with Gasteiger partial charge in [-0.15, -0.1) is 0 Å². The van der Waals surface area contributed by atoms with Crippen LogP contribution in [-0.4, -0.2) is 28.4 Å². The minimum atomic E-state index is -0.138. The third kappa shape index (κ3) is 2.78. The van der Waals surface area contributed by atoms with Crippen molar-refractivity contribution in [3.63, 3.8) is 0 Å². The first-order valence-electron chi connectivity index (χ1n) is 8.25. The topological polar surface area (TPSA) is 58.4 Å². The van der Waals surface area contributed by atoms with E-state index in [0.717, 1.165) is 24.2 Å². The summed E-state index contributed by atoms with van der Waals surface area (Å²) < 4.78 is 1.89. The van der Waals surface area contributed by atoms with Gasteiger partial charge < -0.3 is 15.0 Å². The van der Waals surface area contributed by atoms with Gasteiger partial charge in [0.2, 0.25) is 0 Å². The Morgan fingerprint density at radius 3 is 3.08 bits per heavy atom. The molecule has 1 aromatic carbocycles. The van der Waals surface area contributed by atoms with E-state index >= 15 is 0 Å². The second-order valence-electron chi connectivity index (χ2n) is 6.26. The van der Waals surface area contributed by atoms with Crippen molar-refractivity contribution < 1.29 is 4.79 Å². The molecule has 122 valence electrons. The summed E-state index contributed by atoms with van der Waals surface area (Å²) in [7, 11) is 0. The maximum atomic E-state index is 12.4. The Morgan fingerprint density at radius 1 is 1.29 bits per heavy atom. The van der Waals surface area contributed by atoms with Crippen molar-refractivity contribution in [3.05, 3.63) is 71.2 Å². The quantitative estimate of drug-likeness (QED) is 0.778. The fourth-order valence-corrected chi connectivity index (χ4v) is 3.27. The Balaban J connectivity index is 1.48. The second-order valence-corrected chi connectivity index (χ2v) is 6.26. The van der Waals surface area contributed by atoms with Crippen LogP contribution in [0.1, 0.15) is 33.2 Å². The van der Waals surface area contributed by atoms with E-state index < -0.39 is 0 Å². The Bertz CT molecular complexity index is 899. The number of aryl methyl sites for hydroxylation is 1. The first-order chi connectivity index (χ1) is 11.7. The number of imidazole rings is 1. The molecule has 3 heterocycles. The highest BCUT2D eigenvalue weighted by Gasteiger charge is 2.20. The van der Waals surface area contributed by atoms with Crippen LogP contribution in [0.4, 0.5) is 0 Å². The van der Waals surface area contributed by atoms with Crippen molar-refractivity contribution in [1.82, 2.24) is 20.0 Å². The molecule has 0 fully saturated rings. The number of fused-ring (bicyclic) bond motifs is 2. The van der Waals surface area contributed by atoms with Gasteiger partial charge in [0.25, 0.3) is 5.91 Å². The largest absolute Gasteiger partial charge is 0.349 e. The van der Waals surface area contributed by atoms with Crippen molar-refractivity contribution in [2.75, 3.05) is 13.1 Å². The van der Waals surface area contributed by atoms with Crippen LogP contribution in [0, 0.1) is 6.92 Å². The van der Waals surface area contributed by atoms with Gasteiger partial charge in [-0.2, -0.15) is 0 Å². The number of amides is 1. The lowest BCUT2D eigenvalue weighted by molar-refractivity contribution is 0.0944. The zero-order chi connectivity index (χ0) is 16.5. The molecule has 5 heteroatoms. The number of hydrogen-bond acceptors (Lipinski definition) is 3. The van der Waals surface area contributed by atoms with Crippen LogP contribution in [0.3, 0.4) is 0 Å². The molecule has 24 heavy (non-hydrogen) atoms. The lowest BCUT2D eigenvalue weighted by Gasteiger charge is -2.27. The molecule has 0 saturated heterocycles. The van der Waals surface area contributed by atoms with Crippen LogP contribution in [0.2, 0.25) is 0 Å². The van der Waals surface area contributed by atoms with E-state index in [-0.39, 0.29) is 11.9 Å². The van der Waals surface area contributed by atoms with Crippen LogP contribution in [0.25, 0.3) is 5.65 Å². The molecule has 2 N–H and O–H groups in total. The highest BCUT2D eigenvalue weighted by molar-refractivity contribution is 5.92. The summed E-state index contributed by atoms with van der Waals surface area (Å²) >= 11 is 0. The SMILES string of the molecule is Cc1ccc2nc(C(=O)NCC3NCCc4ccccc43)cn2c1. The highest BCUT2D eigenvalue weighted by atomic mass is 16.1. The van der Waals surface area contributed by atoms with Crippen LogP contribution < -0.4 is 10.6 Å². The van der Waals surface area contributed by atoms with Gasteiger partial charge in [-0.25, -0.2) is 4.98 Å². The van der Waals surface area contributed by atoms with Gasteiger partial charge in [-0.05, 0) is 42.6 Å². The molecule has 3 aromatic rings. The van der Waals surface area contributed by atoms with Crippen molar-refractivity contribution in [2.24, 2.45) is 0 Å². The molecule has 1 aliphatic heterocycles. The van der Waals surface area contributed by atoms with Crippen LogP contribution in [0.15, 0.2) is 48.8 Å². The predicted molar refractivity (Wildman–Crippen MR) is 93.2 cm³/mol. The van der Waals surface area contributed by atoms with Crippen molar-refractivity contribution in [1.29, 1.82) is 0 Å². The molecule has 1 aliphatic rings. The van der Waals surface area contributed by atoms with Gasteiger partial charge in [0.15, 0.2) is 0 Å². The monoisotopic (exact) mass is 320 g/mol. The number of nitrogens with zero attached hydrogens (tertiary/aromatic N) is 2. The fourth-order valence-electron chi connectivity index (χ4n) is 3.27. The summed E-state index contributed by atoms with van der Waals surface area (Å²) in [5.74, 6) is -0.138. The van der Waals surface area contributed by atoms with Gasteiger partial charge in [0, 0.05) is 25.0 Å². The molecule has 4 rings (SSSR count). The Hall–Kier alpha value is -2.66. The third-order valence-corrected chi connectivity index (χ3v) is 4.51. The summed E-state index contributed by atoms with van der Waals surface area (Å²) in [6.45, 7) is 3.51. The molecular formula is C19H20N4O. The first kappa shape index (κ1) is 14.9. The predicted octanol–water partition coefficient (Wildman–Crippen LogP) is 2.26. The Kier molecular flexibility index (Phi) is 3.78. The zero-order valence-electron chi connectivity index (χ0n) is 13.6. The Labute approximate surface area is 140 Å². The standard InChI is InChI=1S/C19H20N4O/c1-13-6-7-18-22-17(12-23(18)11-13)19(24)21-10-16-15-5-3-2-4-14(15)8-9-20-16/h2-7,11-12,16,20H,8-10H2,1H3,(H,21,24).